The first-order chi connectivity index (χ1) is 17.2. The second-order valence-corrected chi connectivity index (χ2v) is 14.0. The van der Waals surface area contributed by atoms with Gasteiger partial charge in [0.05, 0.1) is 0 Å². The van der Waals surface area contributed by atoms with E-state index in [4.69, 9.17) is 16.6 Å². The molecule has 0 aliphatic heterocycles. The maximum atomic E-state index is 6.19. The Morgan fingerprint density at radius 2 is 1.22 bits per heavy atom. The molecule has 5 rings (SSSR count). The summed E-state index contributed by atoms with van der Waals surface area (Å²) in [6.45, 7) is 3.97. The van der Waals surface area contributed by atoms with E-state index in [2.05, 4.69) is 110 Å². The summed E-state index contributed by atoms with van der Waals surface area (Å²) in [5, 5.41) is 5.63. The Morgan fingerprint density at radius 1 is 0.750 bits per heavy atom. The molecule has 0 bridgehead atoms. The van der Waals surface area contributed by atoms with Crippen molar-refractivity contribution in [3.05, 3.63) is 133 Å². The van der Waals surface area contributed by atoms with Crippen LogP contribution in [0.3, 0.4) is 0 Å². The predicted octanol–water partition coefficient (Wildman–Crippen LogP) is 4.37. The van der Waals surface area contributed by atoms with Gasteiger partial charge in [0.1, 0.15) is 25.1 Å². The number of nitrogens with zero attached hydrogens (tertiary/aromatic N) is 1. The van der Waals surface area contributed by atoms with Crippen molar-refractivity contribution in [3.8, 4) is 10.6 Å². The molecule has 0 radical (unpaired) electrons. The van der Waals surface area contributed by atoms with Crippen LogP contribution in [0.15, 0.2) is 132 Å². The van der Waals surface area contributed by atoms with Gasteiger partial charge >= 0.3 is 0 Å². The van der Waals surface area contributed by atoms with Crippen molar-refractivity contribution in [3.63, 3.8) is 0 Å². The molecule has 0 unspecified atom stereocenters. The molecule has 0 fully saturated rings. The molecule has 1 nitrogen and oxygen atoms in total. The molecule has 1 aromatic heterocycles. The maximum Gasteiger partial charge on any atom is 0.223 e. The first kappa shape index (κ1) is 27.1. The monoisotopic (exact) mass is 655 g/mol. The topological polar surface area (TPSA) is 12.9 Å². The zero-order chi connectivity index (χ0) is 24.1. The molecule has 0 saturated heterocycles. The summed E-state index contributed by atoms with van der Waals surface area (Å²) in [5.74, 6) is 0.827. The third-order valence-electron chi connectivity index (χ3n) is 5.75. The Bertz CT molecular complexity index is 1310. The van der Waals surface area contributed by atoms with E-state index in [9.17, 15) is 0 Å². The zero-order valence-corrected chi connectivity index (χ0v) is 24.9. The van der Waals surface area contributed by atoms with Gasteiger partial charge in [0.2, 0.25) is 5.44 Å². The van der Waals surface area contributed by atoms with Crippen molar-refractivity contribution in [2.45, 2.75) is 4.21 Å². The van der Waals surface area contributed by atoms with Gasteiger partial charge in [-0.1, -0.05) is 84.4 Å². The van der Waals surface area contributed by atoms with E-state index >= 15 is 0 Å². The van der Waals surface area contributed by atoms with E-state index in [1.165, 1.54) is 20.1 Å². The highest BCUT2D eigenvalue weighted by Crippen LogP contribution is 2.56. The minimum Gasteiger partial charge on any atom is -1.00 e. The lowest BCUT2D eigenvalue weighted by molar-refractivity contribution is -0.00000655. The molecule has 180 valence electrons. The molecular weight excluding hydrogens is 632 g/mol. The molecule has 1 heterocycles. The van der Waals surface area contributed by atoms with Crippen molar-refractivity contribution in [1.82, 2.24) is 4.98 Å². The number of thioether (sulfide) groups is 1. The highest BCUT2D eigenvalue weighted by atomic mass is 127. The number of hydrogen-bond acceptors (Lipinski definition) is 3. The van der Waals surface area contributed by atoms with Crippen LogP contribution >= 0.6 is 42.0 Å². The van der Waals surface area contributed by atoms with E-state index < -0.39 is 7.26 Å². The second kappa shape index (κ2) is 12.5. The molecule has 0 amide bonds. The highest BCUT2D eigenvalue weighted by Gasteiger charge is 2.52. The lowest BCUT2D eigenvalue weighted by Crippen LogP contribution is -3.00. The van der Waals surface area contributed by atoms with Gasteiger partial charge in [-0.3, -0.25) is 0 Å². The summed E-state index contributed by atoms with van der Waals surface area (Å²) in [7, 11) is -2.27. The number of halogens is 2. The fraction of sp³-hybridized carbons (Fsp3) is 0.0333. The van der Waals surface area contributed by atoms with Crippen molar-refractivity contribution < 1.29 is 24.0 Å². The largest absolute Gasteiger partial charge is 1.00 e. The van der Waals surface area contributed by atoms with Gasteiger partial charge in [0.25, 0.3) is 0 Å². The first-order valence-corrected chi connectivity index (χ1v) is 15.3. The van der Waals surface area contributed by atoms with E-state index in [1.807, 2.05) is 30.0 Å². The Kier molecular flexibility index (Phi) is 9.43. The molecule has 36 heavy (non-hydrogen) atoms. The molecule has 0 spiro atoms. The lowest BCUT2D eigenvalue weighted by atomic mass is 10.2. The fourth-order valence-electron chi connectivity index (χ4n) is 4.22. The number of rotatable bonds is 8. The average molecular weight is 656 g/mol. The fourth-order valence-corrected chi connectivity index (χ4v) is 11.4. The molecule has 0 aliphatic rings. The SMILES string of the molecule is C=CCSc1sc(-c2ccc(Cl)cc2)nc1[P+](c1ccccc1)(c1ccccc1)c1ccccc1.[I-]. The average Bonchev–Trinajstić information content (AvgIpc) is 3.34. The first-order valence-electron chi connectivity index (χ1n) is 11.3. The van der Waals surface area contributed by atoms with Gasteiger partial charge in [0, 0.05) is 16.3 Å². The van der Waals surface area contributed by atoms with Crippen LogP contribution in [0.1, 0.15) is 0 Å². The number of hydrogen-bond donors (Lipinski definition) is 0. The van der Waals surface area contributed by atoms with Gasteiger partial charge < -0.3 is 24.0 Å². The van der Waals surface area contributed by atoms with Gasteiger partial charge in [0.15, 0.2) is 7.26 Å². The Labute approximate surface area is 244 Å². The number of benzene rings is 4. The number of aromatic nitrogens is 1. The molecule has 0 aliphatic carbocycles. The molecule has 6 heteroatoms. The van der Waals surface area contributed by atoms with Crippen LogP contribution in [0.4, 0.5) is 0 Å². The van der Waals surface area contributed by atoms with Crippen molar-refractivity contribution >= 4 is 63.3 Å². The molecular formula is C30H24ClINPS2. The highest BCUT2D eigenvalue weighted by molar-refractivity contribution is 8.05. The van der Waals surface area contributed by atoms with Crippen LogP contribution in [0.25, 0.3) is 10.6 Å². The van der Waals surface area contributed by atoms with Crippen LogP contribution < -0.4 is 45.3 Å². The van der Waals surface area contributed by atoms with Crippen LogP contribution in [0, 0.1) is 0 Å². The van der Waals surface area contributed by atoms with Gasteiger partial charge in [-0.05, 0) is 48.5 Å². The summed E-state index contributed by atoms with van der Waals surface area (Å²) in [6, 6.07) is 40.6. The minimum absolute atomic E-state index is 0. The van der Waals surface area contributed by atoms with Crippen LogP contribution in [0.2, 0.25) is 5.02 Å². The molecule has 0 N–H and O–H groups in total. The summed E-state index contributed by atoms with van der Waals surface area (Å²) in [4.78, 5) is 5.43. The van der Waals surface area contributed by atoms with E-state index in [0.717, 1.165) is 26.8 Å². The van der Waals surface area contributed by atoms with E-state index in [1.54, 1.807) is 11.3 Å². The second-order valence-electron chi connectivity index (χ2n) is 7.91. The summed E-state index contributed by atoms with van der Waals surface area (Å²) in [5.41, 5.74) is 2.24. The molecule has 0 atom stereocenters. The quantitative estimate of drug-likeness (QED) is 0.107. The molecule has 5 aromatic rings. The lowest BCUT2D eigenvalue weighted by Gasteiger charge is -2.26. The van der Waals surface area contributed by atoms with Gasteiger partial charge in [-0.25, -0.2) is 0 Å². The smallest absolute Gasteiger partial charge is 0.223 e. The Morgan fingerprint density at radius 3 is 1.67 bits per heavy atom. The van der Waals surface area contributed by atoms with E-state index in [-0.39, 0.29) is 24.0 Å². The third kappa shape index (κ3) is 5.34. The summed E-state index contributed by atoms with van der Waals surface area (Å²) >= 11 is 9.76. The van der Waals surface area contributed by atoms with Crippen LogP contribution in [0.5, 0.6) is 0 Å². The van der Waals surface area contributed by atoms with Crippen molar-refractivity contribution in [2.24, 2.45) is 0 Å². The zero-order valence-electron chi connectivity index (χ0n) is 19.4. The maximum absolute atomic E-state index is 6.19. The molecule has 4 aromatic carbocycles. The Hall–Kier alpha value is -1.95. The third-order valence-corrected chi connectivity index (χ3v) is 12.8. The predicted molar refractivity (Wildman–Crippen MR) is 158 cm³/mol. The number of thiazole rings is 1. The standard InChI is InChI=1S/C30H24ClNPS2.HI/c1-2-22-34-30-28(32-29(35-30)23-18-20-24(31)21-19-23)33(25-12-6-3-7-13-25,26-14-8-4-9-15-26)27-16-10-5-11-17-27;/h2-21H,1,22H2;1H/q+1;/p-1. The summed E-state index contributed by atoms with van der Waals surface area (Å²) < 4.78 is 1.24. The minimum atomic E-state index is -2.27. The van der Waals surface area contributed by atoms with Crippen LogP contribution in [-0.4, -0.2) is 10.7 Å². The summed E-state index contributed by atoms with van der Waals surface area (Å²) in [6.07, 6.45) is 1.96. The Balaban J connectivity index is 0.00000304. The normalized spacial score (nSPS) is 11.0. The van der Waals surface area contributed by atoms with Gasteiger partial charge in [-0.15, -0.1) is 29.7 Å². The van der Waals surface area contributed by atoms with E-state index in [0.29, 0.717) is 0 Å². The van der Waals surface area contributed by atoms with Crippen molar-refractivity contribution in [2.75, 3.05) is 5.75 Å². The van der Waals surface area contributed by atoms with Crippen LogP contribution in [-0.2, 0) is 0 Å². The van der Waals surface area contributed by atoms with Gasteiger partial charge in [-0.2, -0.15) is 4.98 Å². The molecule has 0 saturated carbocycles. The van der Waals surface area contributed by atoms with Crippen molar-refractivity contribution in [1.29, 1.82) is 0 Å².